The second-order valence-electron chi connectivity index (χ2n) is 5.15. The summed E-state index contributed by atoms with van der Waals surface area (Å²) in [6, 6.07) is 0. The van der Waals surface area contributed by atoms with Gasteiger partial charge in [0.15, 0.2) is 5.78 Å². The van der Waals surface area contributed by atoms with Crippen molar-refractivity contribution in [1.29, 1.82) is 0 Å². The predicted octanol–water partition coefficient (Wildman–Crippen LogP) is 2.26. The van der Waals surface area contributed by atoms with Crippen LogP contribution < -0.4 is 5.32 Å². The highest BCUT2D eigenvalue weighted by atomic mass is 16.1. The molecule has 1 aromatic rings. The molecule has 1 N–H and O–H groups in total. The van der Waals surface area contributed by atoms with E-state index in [4.69, 9.17) is 0 Å². The van der Waals surface area contributed by atoms with Gasteiger partial charge in [-0.3, -0.25) is 9.48 Å². The molecule has 0 aromatic carbocycles. The fourth-order valence-electron chi connectivity index (χ4n) is 2.51. The Balaban J connectivity index is 1.79. The van der Waals surface area contributed by atoms with Crippen molar-refractivity contribution in [2.45, 2.75) is 45.6 Å². The Morgan fingerprint density at radius 2 is 2.28 bits per heavy atom. The van der Waals surface area contributed by atoms with Crippen LogP contribution in [0.5, 0.6) is 0 Å². The number of Topliss-reactive ketones (excluding diaryl/α,β-unsaturated/α-hetero) is 1. The largest absolute Gasteiger partial charge is 0.317 e. The molecule has 0 unspecified atom stereocenters. The van der Waals surface area contributed by atoms with Crippen LogP contribution in [0.4, 0.5) is 0 Å². The van der Waals surface area contributed by atoms with Gasteiger partial charge in [-0.25, -0.2) is 0 Å². The number of carbonyl (C=O) groups excluding carboxylic acids is 1. The predicted molar refractivity (Wildman–Crippen MR) is 71.7 cm³/mol. The lowest BCUT2D eigenvalue weighted by atomic mass is 9.91. The molecule has 18 heavy (non-hydrogen) atoms. The molecule has 0 spiro atoms. The van der Waals surface area contributed by atoms with E-state index in [-0.39, 0.29) is 5.78 Å². The maximum atomic E-state index is 12.0. The lowest BCUT2D eigenvalue weighted by molar-refractivity contribution is 0.0970. The molecule has 0 bridgehead atoms. The number of piperidine rings is 1. The van der Waals surface area contributed by atoms with Crippen LogP contribution in [-0.4, -0.2) is 28.7 Å². The van der Waals surface area contributed by atoms with E-state index in [1.165, 1.54) is 12.8 Å². The molecule has 0 radical (unpaired) electrons. The zero-order valence-electron chi connectivity index (χ0n) is 11.2. The second-order valence-corrected chi connectivity index (χ2v) is 5.15. The minimum Gasteiger partial charge on any atom is -0.317 e. The Morgan fingerprint density at radius 3 is 3.00 bits per heavy atom. The first-order valence-corrected chi connectivity index (χ1v) is 7.06. The molecule has 4 nitrogen and oxygen atoms in total. The van der Waals surface area contributed by atoms with Crippen LogP contribution in [0.25, 0.3) is 0 Å². The molecule has 2 rings (SSSR count). The highest BCUT2D eigenvalue weighted by molar-refractivity contribution is 5.95. The molecule has 1 fully saturated rings. The SMILES string of the molecule is CCCn1cc(C(=O)CCC2CCNCC2)cn1. The van der Waals surface area contributed by atoms with Crippen LogP contribution in [0, 0.1) is 5.92 Å². The molecule has 1 aromatic heterocycles. The van der Waals surface area contributed by atoms with Crippen molar-refractivity contribution in [3.05, 3.63) is 18.0 Å². The van der Waals surface area contributed by atoms with Gasteiger partial charge in [-0.05, 0) is 44.7 Å². The molecule has 4 heteroatoms. The summed E-state index contributed by atoms with van der Waals surface area (Å²) < 4.78 is 1.86. The van der Waals surface area contributed by atoms with E-state index in [1.54, 1.807) is 6.20 Å². The second kappa shape index (κ2) is 6.69. The first-order valence-electron chi connectivity index (χ1n) is 7.06. The number of aryl methyl sites for hydroxylation is 1. The summed E-state index contributed by atoms with van der Waals surface area (Å²) in [6.07, 6.45) is 8.76. The normalized spacial score (nSPS) is 16.9. The van der Waals surface area contributed by atoms with Crippen molar-refractivity contribution in [2.75, 3.05) is 13.1 Å². The molecular formula is C14H23N3O. The number of aromatic nitrogens is 2. The number of carbonyl (C=O) groups is 1. The third-order valence-electron chi connectivity index (χ3n) is 3.65. The molecule has 0 atom stereocenters. The van der Waals surface area contributed by atoms with E-state index in [0.29, 0.717) is 6.42 Å². The molecule has 1 aliphatic rings. The monoisotopic (exact) mass is 249 g/mol. The Hall–Kier alpha value is -1.16. The minimum absolute atomic E-state index is 0.246. The smallest absolute Gasteiger partial charge is 0.166 e. The third kappa shape index (κ3) is 3.67. The summed E-state index contributed by atoms with van der Waals surface area (Å²) in [4.78, 5) is 12.0. The van der Waals surface area contributed by atoms with E-state index < -0.39 is 0 Å². The van der Waals surface area contributed by atoms with Crippen molar-refractivity contribution in [1.82, 2.24) is 15.1 Å². The van der Waals surface area contributed by atoms with Gasteiger partial charge < -0.3 is 5.32 Å². The number of nitrogens with zero attached hydrogens (tertiary/aromatic N) is 2. The molecular weight excluding hydrogens is 226 g/mol. The maximum absolute atomic E-state index is 12.0. The van der Waals surface area contributed by atoms with E-state index in [0.717, 1.165) is 44.0 Å². The highest BCUT2D eigenvalue weighted by Crippen LogP contribution is 2.19. The average molecular weight is 249 g/mol. The maximum Gasteiger partial charge on any atom is 0.166 e. The minimum atomic E-state index is 0.246. The summed E-state index contributed by atoms with van der Waals surface area (Å²) in [5, 5.41) is 7.56. The Kier molecular flexibility index (Phi) is 4.93. The van der Waals surface area contributed by atoms with E-state index in [2.05, 4.69) is 17.3 Å². The van der Waals surface area contributed by atoms with Crippen LogP contribution in [0.2, 0.25) is 0 Å². The quantitative estimate of drug-likeness (QED) is 0.787. The van der Waals surface area contributed by atoms with Gasteiger partial charge in [-0.15, -0.1) is 0 Å². The highest BCUT2D eigenvalue weighted by Gasteiger charge is 2.15. The zero-order valence-corrected chi connectivity index (χ0v) is 11.2. The molecule has 0 saturated carbocycles. The van der Waals surface area contributed by atoms with Gasteiger partial charge in [0.25, 0.3) is 0 Å². The molecule has 2 heterocycles. The van der Waals surface area contributed by atoms with Crippen LogP contribution in [0.3, 0.4) is 0 Å². The fraction of sp³-hybridized carbons (Fsp3) is 0.714. The number of nitrogens with one attached hydrogen (secondary N) is 1. The van der Waals surface area contributed by atoms with Crippen molar-refractivity contribution >= 4 is 5.78 Å². The van der Waals surface area contributed by atoms with Crippen LogP contribution in [0.1, 0.15) is 49.4 Å². The molecule has 0 amide bonds. The van der Waals surface area contributed by atoms with Crippen molar-refractivity contribution in [3.63, 3.8) is 0 Å². The first kappa shape index (κ1) is 13.3. The average Bonchev–Trinajstić information content (AvgIpc) is 2.86. The number of ketones is 1. The topological polar surface area (TPSA) is 46.9 Å². The van der Waals surface area contributed by atoms with E-state index >= 15 is 0 Å². The molecule has 100 valence electrons. The number of hydrogen-bond donors (Lipinski definition) is 1. The van der Waals surface area contributed by atoms with Crippen LogP contribution in [-0.2, 0) is 6.54 Å². The van der Waals surface area contributed by atoms with E-state index in [1.807, 2.05) is 10.9 Å². The van der Waals surface area contributed by atoms with Crippen molar-refractivity contribution in [3.8, 4) is 0 Å². The lowest BCUT2D eigenvalue weighted by Gasteiger charge is -2.21. The van der Waals surface area contributed by atoms with E-state index in [9.17, 15) is 4.79 Å². The summed E-state index contributed by atoms with van der Waals surface area (Å²) in [5.74, 6) is 0.969. The zero-order chi connectivity index (χ0) is 12.8. The van der Waals surface area contributed by atoms with Gasteiger partial charge in [0.1, 0.15) is 0 Å². The summed E-state index contributed by atoms with van der Waals surface area (Å²) in [6.45, 7) is 5.21. The standard InChI is InChI=1S/C14H23N3O/c1-2-9-17-11-13(10-16-17)14(18)4-3-12-5-7-15-8-6-12/h10-12,15H,2-9H2,1H3. The fourth-order valence-corrected chi connectivity index (χ4v) is 2.51. The summed E-state index contributed by atoms with van der Waals surface area (Å²) in [5.41, 5.74) is 0.775. The summed E-state index contributed by atoms with van der Waals surface area (Å²) >= 11 is 0. The van der Waals surface area contributed by atoms with Gasteiger partial charge in [-0.1, -0.05) is 6.92 Å². The summed E-state index contributed by atoms with van der Waals surface area (Å²) in [7, 11) is 0. The molecule has 1 saturated heterocycles. The Labute approximate surface area is 109 Å². The van der Waals surface area contributed by atoms with Crippen molar-refractivity contribution < 1.29 is 4.79 Å². The molecule has 0 aliphatic carbocycles. The van der Waals surface area contributed by atoms with Crippen LogP contribution in [0.15, 0.2) is 12.4 Å². The van der Waals surface area contributed by atoms with Crippen molar-refractivity contribution in [2.24, 2.45) is 5.92 Å². The van der Waals surface area contributed by atoms with Gasteiger partial charge in [-0.2, -0.15) is 5.10 Å². The molecule has 1 aliphatic heterocycles. The number of rotatable bonds is 6. The van der Waals surface area contributed by atoms with Gasteiger partial charge >= 0.3 is 0 Å². The van der Waals surface area contributed by atoms with Gasteiger partial charge in [0.2, 0.25) is 0 Å². The number of hydrogen-bond acceptors (Lipinski definition) is 3. The first-order chi connectivity index (χ1) is 8.79. The Morgan fingerprint density at radius 1 is 1.50 bits per heavy atom. The lowest BCUT2D eigenvalue weighted by Crippen LogP contribution is -2.27. The van der Waals surface area contributed by atoms with Gasteiger partial charge in [0, 0.05) is 19.2 Å². The third-order valence-corrected chi connectivity index (χ3v) is 3.65. The van der Waals surface area contributed by atoms with Gasteiger partial charge in [0.05, 0.1) is 11.8 Å². The van der Waals surface area contributed by atoms with Crippen LogP contribution >= 0.6 is 0 Å². The Bertz CT molecular complexity index is 380.